The molecule has 0 fully saturated rings. The summed E-state index contributed by atoms with van der Waals surface area (Å²) in [5.74, 6) is -0.160. The van der Waals surface area contributed by atoms with Gasteiger partial charge in [-0.15, -0.1) is 0 Å². The van der Waals surface area contributed by atoms with Gasteiger partial charge in [0, 0.05) is 40.1 Å². The lowest BCUT2D eigenvalue weighted by atomic mass is 10.0. The molecule has 1 aromatic carbocycles. The quantitative estimate of drug-likeness (QED) is 0.704. The average Bonchev–Trinajstić information content (AvgIpc) is 3.25. The number of hydrogen-bond donors (Lipinski definition) is 2. The molecule has 0 saturated heterocycles. The second-order valence-corrected chi connectivity index (χ2v) is 6.41. The molecule has 1 aliphatic rings. The lowest BCUT2D eigenvalue weighted by Gasteiger charge is -2.08. The number of carbonyl (C=O) groups is 1. The van der Waals surface area contributed by atoms with Crippen LogP contribution in [0.2, 0.25) is 0 Å². The maximum Gasteiger partial charge on any atom is 0.273 e. The summed E-state index contributed by atoms with van der Waals surface area (Å²) in [5, 5.41) is 9.03. The van der Waals surface area contributed by atoms with Gasteiger partial charge in [0.25, 0.3) is 5.91 Å². The Bertz CT molecular complexity index is 1000. The fraction of sp³-hybridized carbons (Fsp3) is 0.0588. The summed E-state index contributed by atoms with van der Waals surface area (Å²) >= 11 is 3.37. The molecule has 0 aliphatic carbocycles. The monoisotopic (exact) mass is 399 g/mol. The van der Waals surface area contributed by atoms with Gasteiger partial charge >= 0.3 is 0 Å². The third kappa shape index (κ3) is 3.08. The van der Waals surface area contributed by atoms with Gasteiger partial charge < -0.3 is 5.32 Å². The van der Waals surface area contributed by atoms with E-state index in [4.69, 9.17) is 0 Å². The Morgan fingerprint density at radius 1 is 1.28 bits per heavy atom. The van der Waals surface area contributed by atoms with Crippen LogP contribution in [0.4, 0.5) is 15.9 Å². The summed E-state index contributed by atoms with van der Waals surface area (Å²) in [6.45, 7) is 0. The van der Waals surface area contributed by atoms with Gasteiger partial charge in [-0.1, -0.05) is 0 Å². The summed E-state index contributed by atoms with van der Waals surface area (Å²) in [7, 11) is 0. The standard InChI is InChI=1S/C17H11BrFN5O/c18-10-5-9-6-15(23-16(9)20-8-10)12-7-11(1-2-13(12)19)22-17(25)14-3-4-21-24-14/h1-5,7-8H,6H2,(H,21,24)(H,22,25). The Hall–Kier alpha value is -2.87. The molecule has 3 aromatic rings. The molecule has 8 heteroatoms. The zero-order valence-corrected chi connectivity index (χ0v) is 14.3. The van der Waals surface area contributed by atoms with Gasteiger partial charge in [-0.25, -0.2) is 14.4 Å². The molecular formula is C17H11BrFN5O. The number of nitrogens with one attached hydrogen (secondary N) is 2. The molecule has 3 heterocycles. The highest BCUT2D eigenvalue weighted by atomic mass is 79.9. The Kier molecular flexibility index (Phi) is 3.89. The Balaban J connectivity index is 1.62. The molecule has 6 nitrogen and oxygen atoms in total. The van der Waals surface area contributed by atoms with Crippen molar-refractivity contribution < 1.29 is 9.18 Å². The van der Waals surface area contributed by atoms with E-state index in [9.17, 15) is 9.18 Å². The second-order valence-electron chi connectivity index (χ2n) is 5.49. The number of aliphatic imine (C=N–C) groups is 1. The van der Waals surface area contributed by atoms with E-state index in [0.717, 1.165) is 10.0 Å². The Morgan fingerprint density at radius 3 is 2.96 bits per heavy atom. The third-order valence-electron chi connectivity index (χ3n) is 3.79. The zero-order chi connectivity index (χ0) is 17.4. The van der Waals surface area contributed by atoms with Crippen LogP contribution in [0.15, 0.2) is 52.2 Å². The number of benzene rings is 1. The summed E-state index contributed by atoms with van der Waals surface area (Å²) in [6.07, 6.45) is 3.62. The van der Waals surface area contributed by atoms with Crippen molar-refractivity contribution in [3.63, 3.8) is 0 Å². The van der Waals surface area contributed by atoms with E-state index in [0.29, 0.717) is 34.9 Å². The summed E-state index contributed by atoms with van der Waals surface area (Å²) in [4.78, 5) is 20.7. The number of anilines is 1. The SMILES string of the molecule is O=C(Nc1ccc(F)c(C2=Nc3ncc(Br)cc3C2)c1)c1ccn[nH]1. The lowest BCUT2D eigenvalue weighted by molar-refractivity contribution is 0.102. The van der Waals surface area contributed by atoms with Crippen molar-refractivity contribution in [1.82, 2.24) is 15.2 Å². The maximum absolute atomic E-state index is 14.3. The molecule has 2 aromatic heterocycles. The molecule has 4 rings (SSSR count). The Morgan fingerprint density at radius 2 is 2.16 bits per heavy atom. The number of H-pyrrole nitrogens is 1. The molecule has 0 bridgehead atoms. The number of pyridine rings is 1. The van der Waals surface area contributed by atoms with Gasteiger partial charge in [0.1, 0.15) is 11.5 Å². The number of aromatic nitrogens is 3. The first-order chi connectivity index (χ1) is 12.1. The first-order valence-corrected chi connectivity index (χ1v) is 8.22. The van der Waals surface area contributed by atoms with Crippen molar-refractivity contribution in [3.8, 4) is 0 Å². The number of nitrogens with zero attached hydrogens (tertiary/aromatic N) is 3. The van der Waals surface area contributed by atoms with Gasteiger partial charge in [0.05, 0.1) is 5.71 Å². The first-order valence-electron chi connectivity index (χ1n) is 7.43. The minimum Gasteiger partial charge on any atom is -0.321 e. The molecule has 0 unspecified atom stereocenters. The molecule has 2 N–H and O–H groups in total. The third-order valence-corrected chi connectivity index (χ3v) is 4.22. The minimum atomic E-state index is -0.398. The van der Waals surface area contributed by atoms with Crippen molar-refractivity contribution >= 4 is 39.1 Å². The minimum absolute atomic E-state index is 0.325. The van der Waals surface area contributed by atoms with E-state index in [1.165, 1.54) is 18.3 Å². The Labute approximate surface area is 150 Å². The molecule has 25 heavy (non-hydrogen) atoms. The first kappa shape index (κ1) is 15.6. The summed E-state index contributed by atoms with van der Waals surface area (Å²) in [5.41, 5.74) is 2.65. The van der Waals surface area contributed by atoms with E-state index in [1.807, 2.05) is 6.07 Å². The highest BCUT2D eigenvalue weighted by Gasteiger charge is 2.20. The van der Waals surface area contributed by atoms with Gasteiger partial charge in [0.2, 0.25) is 0 Å². The molecule has 1 amide bonds. The summed E-state index contributed by atoms with van der Waals surface area (Å²) < 4.78 is 15.1. The van der Waals surface area contributed by atoms with Crippen LogP contribution in [0.5, 0.6) is 0 Å². The topological polar surface area (TPSA) is 83.0 Å². The number of fused-ring (bicyclic) bond motifs is 1. The molecule has 0 spiro atoms. The van der Waals surface area contributed by atoms with Gasteiger partial charge in [0.15, 0.2) is 5.82 Å². The fourth-order valence-electron chi connectivity index (χ4n) is 2.61. The highest BCUT2D eigenvalue weighted by molar-refractivity contribution is 9.10. The summed E-state index contributed by atoms with van der Waals surface area (Å²) in [6, 6.07) is 7.86. The number of amides is 1. The molecular weight excluding hydrogens is 389 g/mol. The van der Waals surface area contributed by atoms with E-state index in [-0.39, 0.29) is 5.91 Å². The average molecular weight is 400 g/mol. The van der Waals surface area contributed by atoms with Crippen LogP contribution in [-0.2, 0) is 6.42 Å². The van der Waals surface area contributed by atoms with Crippen molar-refractivity contribution in [1.29, 1.82) is 0 Å². The normalized spacial score (nSPS) is 12.6. The van der Waals surface area contributed by atoms with Gasteiger partial charge in [-0.3, -0.25) is 9.89 Å². The van der Waals surface area contributed by atoms with Crippen molar-refractivity contribution in [2.24, 2.45) is 4.99 Å². The van der Waals surface area contributed by atoms with Crippen LogP contribution in [0, 0.1) is 5.82 Å². The molecule has 0 atom stereocenters. The lowest BCUT2D eigenvalue weighted by Crippen LogP contribution is -2.13. The predicted molar refractivity (Wildman–Crippen MR) is 94.8 cm³/mol. The smallest absolute Gasteiger partial charge is 0.273 e. The van der Waals surface area contributed by atoms with Crippen LogP contribution in [-0.4, -0.2) is 26.8 Å². The van der Waals surface area contributed by atoms with Crippen molar-refractivity contribution in [2.75, 3.05) is 5.32 Å². The van der Waals surface area contributed by atoms with Gasteiger partial charge in [-0.2, -0.15) is 5.10 Å². The van der Waals surface area contributed by atoms with Crippen molar-refractivity contribution in [2.45, 2.75) is 6.42 Å². The van der Waals surface area contributed by atoms with Crippen LogP contribution in [0.25, 0.3) is 0 Å². The molecule has 0 radical (unpaired) electrons. The van der Waals surface area contributed by atoms with Crippen LogP contribution in [0.3, 0.4) is 0 Å². The largest absolute Gasteiger partial charge is 0.321 e. The van der Waals surface area contributed by atoms with Crippen molar-refractivity contribution in [3.05, 3.63) is 69.8 Å². The predicted octanol–water partition coefficient (Wildman–Crippen LogP) is 3.64. The number of aromatic amines is 1. The maximum atomic E-state index is 14.3. The molecule has 1 aliphatic heterocycles. The van der Waals surface area contributed by atoms with Gasteiger partial charge in [-0.05, 0) is 46.3 Å². The van der Waals surface area contributed by atoms with E-state index in [2.05, 4.69) is 41.4 Å². The number of hydrogen-bond acceptors (Lipinski definition) is 4. The molecule has 124 valence electrons. The van der Waals surface area contributed by atoms with Crippen LogP contribution >= 0.6 is 15.9 Å². The van der Waals surface area contributed by atoms with Crippen LogP contribution < -0.4 is 5.32 Å². The number of halogens is 2. The van der Waals surface area contributed by atoms with E-state index >= 15 is 0 Å². The van der Waals surface area contributed by atoms with E-state index in [1.54, 1.807) is 18.3 Å². The molecule has 0 saturated carbocycles. The fourth-order valence-corrected chi connectivity index (χ4v) is 2.99. The number of rotatable bonds is 3. The zero-order valence-electron chi connectivity index (χ0n) is 12.8. The second kappa shape index (κ2) is 6.21. The van der Waals surface area contributed by atoms with Crippen LogP contribution in [0.1, 0.15) is 21.6 Å². The van der Waals surface area contributed by atoms with E-state index < -0.39 is 5.82 Å². The number of carbonyl (C=O) groups excluding carboxylic acids is 1. The highest BCUT2D eigenvalue weighted by Crippen LogP contribution is 2.30.